The normalized spacial score (nSPS) is 13.1. The molecule has 0 saturated carbocycles. The van der Waals surface area contributed by atoms with E-state index in [0.717, 1.165) is 5.56 Å². The van der Waals surface area contributed by atoms with Gasteiger partial charge in [-0.2, -0.15) is 11.3 Å². The van der Waals surface area contributed by atoms with E-state index in [1.807, 2.05) is 23.8 Å². The second-order valence-electron chi connectivity index (χ2n) is 4.11. The average Bonchev–Trinajstić information content (AvgIpc) is 2.84. The van der Waals surface area contributed by atoms with Crippen molar-refractivity contribution in [2.24, 2.45) is 0 Å². The summed E-state index contributed by atoms with van der Waals surface area (Å²) in [5.41, 5.74) is 1.31. The Hall–Kier alpha value is -1.21. The van der Waals surface area contributed by atoms with Crippen LogP contribution in [0.5, 0.6) is 5.75 Å². The fraction of sp³-hybridized carbons (Fsp3) is 0.231. The van der Waals surface area contributed by atoms with E-state index < -0.39 is 6.36 Å². The van der Waals surface area contributed by atoms with E-state index in [2.05, 4.69) is 26.0 Å². The first kappa shape index (κ1) is 15.2. The monoisotopic (exact) mass is 365 g/mol. The summed E-state index contributed by atoms with van der Waals surface area (Å²) >= 11 is 4.67. The van der Waals surface area contributed by atoms with Gasteiger partial charge in [-0.1, -0.05) is 15.9 Å². The summed E-state index contributed by atoms with van der Waals surface area (Å²) < 4.78 is 41.8. The summed E-state index contributed by atoms with van der Waals surface area (Å²) in [6, 6.07) is 6.31. The number of alkyl halides is 3. The van der Waals surface area contributed by atoms with E-state index in [1.165, 1.54) is 17.4 Å². The largest absolute Gasteiger partial charge is 0.573 e. The Morgan fingerprint density at radius 2 is 2.05 bits per heavy atom. The molecule has 2 aromatic rings. The summed E-state index contributed by atoms with van der Waals surface area (Å²) in [5.74, 6) is -0.256. The minimum Gasteiger partial charge on any atom is -0.404 e. The zero-order valence-electron chi connectivity index (χ0n) is 10.4. The summed E-state index contributed by atoms with van der Waals surface area (Å²) in [4.78, 5) is 0. The van der Waals surface area contributed by atoms with Crippen molar-refractivity contribution in [2.45, 2.75) is 19.3 Å². The van der Waals surface area contributed by atoms with Gasteiger partial charge in [0.1, 0.15) is 0 Å². The predicted molar refractivity (Wildman–Crippen MR) is 77.2 cm³/mol. The maximum Gasteiger partial charge on any atom is 0.573 e. The lowest BCUT2D eigenvalue weighted by atomic mass is 10.1. The van der Waals surface area contributed by atoms with Crippen LogP contribution in [0.3, 0.4) is 0 Å². The van der Waals surface area contributed by atoms with Gasteiger partial charge in [-0.15, -0.1) is 13.2 Å². The van der Waals surface area contributed by atoms with E-state index >= 15 is 0 Å². The molecule has 1 unspecified atom stereocenters. The van der Waals surface area contributed by atoms with Crippen molar-refractivity contribution in [2.75, 3.05) is 5.32 Å². The van der Waals surface area contributed by atoms with Gasteiger partial charge < -0.3 is 10.1 Å². The molecule has 7 heteroatoms. The Balaban J connectivity index is 2.22. The standard InChI is InChI=1S/C13H11BrF3NOS/c1-8(9-4-5-20-7-9)18-11-3-2-10(14)6-12(11)19-13(15,16)17/h2-8,18H,1H3. The zero-order valence-corrected chi connectivity index (χ0v) is 12.8. The molecule has 0 fully saturated rings. The molecule has 1 heterocycles. The molecule has 0 aliphatic carbocycles. The first-order valence-corrected chi connectivity index (χ1v) is 7.42. The van der Waals surface area contributed by atoms with Crippen molar-refractivity contribution < 1.29 is 17.9 Å². The molecule has 0 bridgehead atoms. The molecule has 0 spiro atoms. The highest BCUT2D eigenvalue weighted by molar-refractivity contribution is 9.10. The fourth-order valence-electron chi connectivity index (χ4n) is 1.66. The zero-order chi connectivity index (χ0) is 14.8. The Morgan fingerprint density at radius 1 is 1.30 bits per heavy atom. The molecule has 2 rings (SSSR count). The molecular formula is C13H11BrF3NOS. The Labute approximate surface area is 126 Å². The highest BCUT2D eigenvalue weighted by Gasteiger charge is 2.32. The Kier molecular flexibility index (Phi) is 4.59. The quantitative estimate of drug-likeness (QED) is 0.763. The minimum atomic E-state index is -4.72. The number of ether oxygens (including phenoxy) is 1. The number of benzene rings is 1. The number of anilines is 1. The SMILES string of the molecule is CC(Nc1ccc(Br)cc1OC(F)(F)F)c1ccsc1. The van der Waals surface area contributed by atoms with Crippen LogP contribution in [0.15, 0.2) is 39.5 Å². The van der Waals surface area contributed by atoms with Crippen molar-refractivity contribution in [3.05, 3.63) is 45.1 Å². The van der Waals surface area contributed by atoms with Crippen molar-refractivity contribution in [1.82, 2.24) is 0 Å². The summed E-state index contributed by atoms with van der Waals surface area (Å²) in [6.07, 6.45) is -4.72. The van der Waals surface area contributed by atoms with Gasteiger partial charge in [0.2, 0.25) is 0 Å². The highest BCUT2D eigenvalue weighted by atomic mass is 79.9. The molecule has 20 heavy (non-hydrogen) atoms. The maximum atomic E-state index is 12.4. The number of halogens is 4. The van der Waals surface area contributed by atoms with Crippen molar-refractivity contribution in [1.29, 1.82) is 0 Å². The second-order valence-corrected chi connectivity index (χ2v) is 5.81. The van der Waals surface area contributed by atoms with Crippen LogP contribution < -0.4 is 10.1 Å². The van der Waals surface area contributed by atoms with Gasteiger partial charge in [-0.3, -0.25) is 0 Å². The van der Waals surface area contributed by atoms with Gasteiger partial charge in [0.05, 0.1) is 5.69 Å². The number of rotatable bonds is 4. The van der Waals surface area contributed by atoms with Crippen LogP contribution in [-0.4, -0.2) is 6.36 Å². The first-order valence-electron chi connectivity index (χ1n) is 5.69. The highest BCUT2D eigenvalue weighted by Crippen LogP contribution is 2.35. The summed E-state index contributed by atoms with van der Waals surface area (Å²) in [5, 5.41) is 6.89. The van der Waals surface area contributed by atoms with Crippen LogP contribution in [0.25, 0.3) is 0 Å². The lowest BCUT2D eigenvalue weighted by Gasteiger charge is -2.18. The van der Waals surface area contributed by atoms with E-state index in [-0.39, 0.29) is 11.8 Å². The van der Waals surface area contributed by atoms with Crippen LogP contribution in [0, 0.1) is 0 Å². The maximum absolute atomic E-state index is 12.4. The predicted octanol–water partition coefficient (Wildman–Crippen LogP) is 5.58. The topological polar surface area (TPSA) is 21.3 Å². The van der Waals surface area contributed by atoms with Crippen LogP contribution >= 0.6 is 27.3 Å². The molecule has 2 nitrogen and oxygen atoms in total. The lowest BCUT2D eigenvalue weighted by molar-refractivity contribution is -0.274. The smallest absolute Gasteiger partial charge is 0.404 e. The second kappa shape index (κ2) is 6.05. The van der Waals surface area contributed by atoms with E-state index in [9.17, 15) is 13.2 Å². The Bertz CT molecular complexity index is 571. The molecular weight excluding hydrogens is 355 g/mol. The third kappa shape index (κ3) is 4.14. The average molecular weight is 366 g/mol. The van der Waals surface area contributed by atoms with Crippen LogP contribution in [-0.2, 0) is 0 Å². The van der Waals surface area contributed by atoms with Crippen LogP contribution in [0.2, 0.25) is 0 Å². The van der Waals surface area contributed by atoms with Crippen molar-refractivity contribution >= 4 is 33.0 Å². The van der Waals surface area contributed by atoms with Gasteiger partial charge in [0.15, 0.2) is 5.75 Å². The molecule has 1 atom stereocenters. The minimum absolute atomic E-state index is 0.113. The molecule has 1 aromatic carbocycles. The van der Waals surface area contributed by atoms with E-state index in [1.54, 1.807) is 12.1 Å². The van der Waals surface area contributed by atoms with Crippen LogP contribution in [0.1, 0.15) is 18.5 Å². The summed E-state index contributed by atoms with van der Waals surface area (Å²) in [6.45, 7) is 1.88. The van der Waals surface area contributed by atoms with Gasteiger partial charge in [-0.25, -0.2) is 0 Å². The first-order chi connectivity index (χ1) is 9.35. The van der Waals surface area contributed by atoms with E-state index in [0.29, 0.717) is 10.2 Å². The van der Waals surface area contributed by atoms with Gasteiger partial charge in [-0.05, 0) is 47.5 Å². The number of nitrogens with one attached hydrogen (secondary N) is 1. The molecule has 1 aromatic heterocycles. The van der Waals surface area contributed by atoms with Gasteiger partial charge in [0, 0.05) is 10.5 Å². The number of hydrogen-bond donors (Lipinski definition) is 1. The molecule has 0 aliphatic heterocycles. The Morgan fingerprint density at radius 3 is 2.65 bits per heavy atom. The van der Waals surface area contributed by atoms with Crippen LogP contribution in [0.4, 0.5) is 18.9 Å². The molecule has 0 aliphatic rings. The molecule has 108 valence electrons. The van der Waals surface area contributed by atoms with Crippen molar-refractivity contribution in [3.63, 3.8) is 0 Å². The molecule has 0 radical (unpaired) electrons. The molecule has 1 N–H and O–H groups in total. The third-order valence-electron chi connectivity index (χ3n) is 2.58. The van der Waals surface area contributed by atoms with Crippen molar-refractivity contribution in [3.8, 4) is 5.75 Å². The van der Waals surface area contributed by atoms with Gasteiger partial charge in [0.25, 0.3) is 0 Å². The number of thiophene rings is 1. The number of hydrogen-bond acceptors (Lipinski definition) is 3. The lowest BCUT2D eigenvalue weighted by Crippen LogP contribution is -2.18. The third-order valence-corrected chi connectivity index (χ3v) is 3.78. The van der Waals surface area contributed by atoms with Gasteiger partial charge >= 0.3 is 6.36 Å². The summed E-state index contributed by atoms with van der Waals surface area (Å²) in [7, 11) is 0. The fourth-order valence-corrected chi connectivity index (χ4v) is 2.76. The molecule has 0 saturated heterocycles. The molecule has 0 amide bonds. The van der Waals surface area contributed by atoms with E-state index in [4.69, 9.17) is 0 Å².